The minimum atomic E-state index is -5.07. The Kier molecular flexibility index (Phi) is 42.7. The number of rotatable bonds is 56. The average Bonchev–Trinajstić information content (AvgIpc) is 1.68. The lowest BCUT2D eigenvalue weighted by atomic mass is 10.0. The highest BCUT2D eigenvalue weighted by Crippen LogP contribution is 2.37. The monoisotopic (exact) mass is 1580 g/mol. The van der Waals surface area contributed by atoms with E-state index in [4.69, 9.17) is 28.7 Å². The van der Waals surface area contributed by atoms with Gasteiger partial charge in [0.05, 0.1) is 31.2 Å². The normalized spacial score (nSPS) is 16.4. The maximum absolute atomic E-state index is 14.4. The molecule has 2 aliphatic rings. The molecule has 2 aliphatic heterocycles. The molecule has 0 bridgehead atoms. The van der Waals surface area contributed by atoms with E-state index < -0.39 is 166 Å². The van der Waals surface area contributed by atoms with Crippen molar-refractivity contribution in [1.29, 1.82) is 0 Å². The Morgan fingerprint density at radius 2 is 1.03 bits per heavy atom. The van der Waals surface area contributed by atoms with E-state index in [-0.39, 0.29) is 105 Å². The zero-order valence-electron chi connectivity index (χ0n) is 61.2. The van der Waals surface area contributed by atoms with E-state index in [1.54, 1.807) is 0 Å². The van der Waals surface area contributed by atoms with Crippen LogP contribution >= 0.6 is 19.6 Å². The maximum Gasteiger partial charge on any atom is 0.524 e. The van der Waals surface area contributed by atoms with Crippen molar-refractivity contribution in [2.24, 2.45) is 33.7 Å². The molecule has 610 valence electrons. The molecule has 2 fully saturated rings. The number of unbranched alkanes of at least 4 members (excludes halogenated alkanes) is 7. The molecule has 2 saturated heterocycles. The highest BCUT2D eigenvalue weighted by Gasteiger charge is 2.43. The Hall–Kier alpha value is -9.93. The smallest absolute Gasteiger partial charge is 0.481 e. The number of carboxylic acid groups (broad SMARTS) is 1. The summed E-state index contributed by atoms with van der Waals surface area (Å²) in [5, 5.41) is 54.0. The van der Waals surface area contributed by atoms with Gasteiger partial charge in [0.2, 0.25) is 82.7 Å². The van der Waals surface area contributed by atoms with Gasteiger partial charge in [-0.2, -0.15) is 11.8 Å². The number of aliphatic imine (C=N–C) groups is 1. The number of carboxylic acids is 1. The van der Waals surface area contributed by atoms with Crippen molar-refractivity contribution in [2.75, 3.05) is 38.5 Å². The molecule has 27 N–H and O–H groups in total. The number of urea groups is 1. The topological polar surface area (TPSA) is 679 Å². The summed E-state index contributed by atoms with van der Waals surface area (Å²) in [5.41, 5.74) is 26.8. The SMILES string of the molecule is C[C@H](NC(=O)[C@@H](NC(=O)[C@H](Cc1ccc(OP(=O)(O)O)cc1)NC(=O)[C@H](CCC(=O)O)NC(=O)[C@H](CC(N)=O)NC(=O)CCCCCNC(=O)CCCCCNC(=O)CCCCCNC(=O)CCCC[C@@H]1SC[C@@H]2NC(=O)N[C@@H]21)[C@@H](C)O)C(=O)N[C@@H](CCCN=C(N)N)C(=O)N[C@@H](CCC(N)=O)C(=O)NCC(N)=O. The van der Waals surface area contributed by atoms with Crippen LogP contribution in [0.1, 0.15) is 167 Å². The van der Waals surface area contributed by atoms with Crippen LogP contribution in [0.25, 0.3) is 0 Å². The van der Waals surface area contributed by atoms with Crippen LogP contribution in [0.5, 0.6) is 5.75 Å². The maximum atomic E-state index is 14.4. The number of nitrogens with one attached hydrogen (secondary N) is 13. The lowest BCUT2D eigenvalue weighted by Crippen LogP contribution is -2.61. The van der Waals surface area contributed by atoms with E-state index in [1.165, 1.54) is 12.1 Å². The molecule has 11 atom stereocenters. The van der Waals surface area contributed by atoms with Crippen LogP contribution in [-0.4, -0.2) is 225 Å². The van der Waals surface area contributed by atoms with Crippen molar-refractivity contribution in [3.8, 4) is 5.75 Å². The van der Waals surface area contributed by atoms with Gasteiger partial charge in [-0.3, -0.25) is 86.7 Å². The molecule has 0 saturated carbocycles. The number of fused-ring (bicyclic) bond motifs is 1. The third kappa shape index (κ3) is 40.2. The van der Waals surface area contributed by atoms with Crippen LogP contribution in [0.3, 0.4) is 0 Å². The first kappa shape index (κ1) is 93.3. The number of nitrogens with zero attached hydrogens (tertiary/aromatic N) is 1. The van der Waals surface area contributed by atoms with Gasteiger partial charge >= 0.3 is 19.8 Å². The third-order valence-corrected chi connectivity index (χ3v) is 18.9. The van der Waals surface area contributed by atoms with E-state index in [0.717, 1.165) is 63.8 Å². The molecular formula is C66H108N19O22PS. The molecule has 109 heavy (non-hydrogen) atoms. The summed E-state index contributed by atoms with van der Waals surface area (Å²) < 4.78 is 16.1. The third-order valence-electron chi connectivity index (χ3n) is 17.0. The van der Waals surface area contributed by atoms with E-state index >= 15 is 0 Å². The number of aliphatic hydroxyl groups is 1. The Labute approximate surface area is 634 Å². The summed E-state index contributed by atoms with van der Waals surface area (Å²) in [6, 6.07) is -7.21. The minimum absolute atomic E-state index is 0.00526. The number of hydrogen-bond acceptors (Lipinski definition) is 21. The van der Waals surface area contributed by atoms with Gasteiger partial charge in [-0.1, -0.05) is 37.8 Å². The van der Waals surface area contributed by atoms with Crippen LogP contribution in [-0.2, 0) is 82.9 Å². The second-order valence-corrected chi connectivity index (χ2v) is 28.8. The fourth-order valence-electron chi connectivity index (χ4n) is 11.2. The zero-order valence-corrected chi connectivity index (χ0v) is 62.9. The Bertz CT molecular complexity index is 3350. The van der Waals surface area contributed by atoms with Crippen molar-refractivity contribution in [3.63, 3.8) is 0 Å². The van der Waals surface area contributed by atoms with Crippen molar-refractivity contribution in [1.82, 2.24) is 69.1 Å². The van der Waals surface area contributed by atoms with Crippen molar-refractivity contribution in [3.05, 3.63) is 29.8 Å². The van der Waals surface area contributed by atoms with E-state index in [1.807, 2.05) is 11.8 Å². The number of guanidine groups is 1. The number of nitrogens with two attached hydrogens (primary N) is 5. The van der Waals surface area contributed by atoms with Crippen LogP contribution in [0, 0.1) is 0 Å². The van der Waals surface area contributed by atoms with Crippen LogP contribution in [0.15, 0.2) is 29.3 Å². The molecule has 1 aromatic rings. The first-order valence-electron chi connectivity index (χ1n) is 36.0. The fraction of sp³-hybridized carbons (Fsp3) is 0.652. The van der Waals surface area contributed by atoms with Gasteiger partial charge in [-0.05, 0) is 109 Å². The predicted molar refractivity (Wildman–Crippen MR) is 393 cm³/mol. The number of primary amides is 3. The summed E-state index contributed by atoms with van der Waals surface area (Å²) in [7, 11) is -5.07. The zero-order chi connectivity index (χ0) is 81.2. The van der Waals surface area contributed by atoms with E-state index in [0.29, 0.717) is 69.7 Å². The molecule has 2 heterocycles. The van der Waals surface area contributed by atoms with Gasteiger partial charge in [0, 0.05) is 82.1 Å². The summed E-state index contributed by atoms with van der Waals surface area (Å²) in [5.74, 6) is -13.0. The number of benzene rings is 1. The minimum Gasteiger partial charge on any atom is -0.481 e. The number of aliphatic hydroxyl groups excluding tert-OH is 1. The molecule has 0 radical (unpaired) electrons. The van der Waals surface area contributed by atoms with Gasteiger partial charge in [0.25, 0.3) is 0 Å². The van der Waals surface area contributed by atoms with Crippen LogP contribution in [0.4, 0.5) is 4.79 Å². The summed E-state index contributed by atoms with van der Waals surface area (Å²) in [4.78, 5) is 228. The van der Waals surface area contributed by atoms with Gasteiger partial charge in [-0.15, -0.1) is 0 Å². The Balaban J connectivity index is 1.56. The number of phosphoric acid groups is 1. The lowest BCUT2D eigenvalue weighted by molar-refractivity contribution is -0.139. The quantitative estimate of drug-likeness (QED) is 0.00954. The number of thioether (sulfide) groups is 1. The molecule has 0 unspecified atom stereocenters. The number of carbonyl (C=O) groups excluding carboxylic acids is 15. The van der Waals surface area contributed by atoms with Crippen molar-refractivity contribution >= 4 is 120 Å². The molecule has 0 aliphatic carbocycles. The number of phosphoric ester groups is 1. The summed E-state index contributed by atoms with van der Waals surface area (Å²) >= 11 is 1.85. The van der Waals surface area contributed by atoms with Crippen LogP contribution in [0.2, 0.25) is 0 Å². The highest BCUT2D eigenvalue weighted by molar-refractivity contribution is 8.00. The fourth-order valence-corrected chi connectivity index (χ4v) is 13.2. The average molecular weight is 1580 g/mol. The molecule has 3 rings (SSSR count). The second-order valence-electron chi connectivity index (χ2n) is 26.3. The first-order chi connectivity index (χ1) is 51.5. The molecule has 0 spiro atoms. The van der Waals surface area contributed by atoms with Gasteiger partial charge < -0.3 is 113 Å². The van der Waals surface area contributed by atoms with Gasteiger partial charge in [-0.25, -0.2) is 9.36 Å². The lowest BCUT2D eigenvalue weighted by Gasteiger charge is -2.28. The summed E-state index contributed by atoms with van der Waals surface area (Å²) in [6.07, 6.45) is 3.23. The number of aliphatic carboxylic acids is 1. The molecule has 43 heteroatoms. The van der Waals surface area contributed by atoms with Crippen LogP contribution < -0.4 is 102 Å². The largest absolute Gasteiger partial charge is 0.524 e. The predicted octanol–water partition coefficient (Wildman–Crippen LogP) is -5.09. The number of carbonyl (C=O) groups is 16. The summed E-state index contributed by atoms with van der Waals surface area (Å²) in [6.45, 7) is 2.77. The molecule has 41 nitrogen and oxygen atoms in total. The second kappa shape index (κ2) is 49.9. The number of amides is 16. The number of hydrogen-bond donors (Lipinski definition) is 22. The van der Waals surface area contributed by atoms with Crippen molar-refractivity contribution in [2.45, 2.75) is 234 Å². The first-order valence-corrected chi connectivity index (χ1v) is 38.6. The Morgan fingerprint density at radius 3 is 1.54 bits per heavy atom. The molecule has 1 aromatic carbocycles. The standard InChI is InChI=1S/C66H108N19O22PS/c1-37(58(96)79-41(15-14-32-75-65(70)71)60(98)80-42(25-27-48(67)87)59(97)76-35-50(69)89)77-64(102)56(38(2)86)84-63(101)44(33-39-21-23-40(24-22-39)107-108(104,105)106)82-61(99)43(26-28-55(94)95)81-62(100)45(34-49(68)88)78-54(93)20-8-5-13-31-73-52(91)18-6-3-11-29-72-51(90)17-7-4-12-30-74-53(92)19-10-9-16-47-57-46(36-109-47)83-66(103)85-57/h21-24,37-38,41-47,56-57,86H,3-20,25-36H2,1-2H3,(H2,67,87)(H2,68,88)(H2,69,89)(H,72,90)(H,73,91)(H,74,92)(H,76,97)(H,77,102)(H,78,93)(H,79,96)(H,80,98)(H,81,100)(H,82,99)(H,84,101)(H,94,95)(H4,70,71,75)(H2,83,85,103)(H2,104,105,106)/t37-,38+,41-,42-,43-,44-,45-,46-,47-,56-,57-/m0/s1. The molecule has 0 aromatic heterocycles. The Morgan fingerprint density at radius 1 is 0.532 bits per heavy atom. The van der Waals surface area contributed by atoms with E-state index in [9.17, 15) is 101 Å². The van der Waals surface area contributed by atoms with E-state index in [2.05, 4.69) is 78.6 Å². The molecule has 16 amide bonds. The van der Waals surface area contributed by atoms with Gasteiger partial charge in [0.15, 0.2) is 5.96 Å². The van der Waals surface area contributed by atoms with Crippen molar-refractivity contribution < 1.29 is 106 Å². The van der Waals surface area contributed by atoms with Gasteiger partial charge in [0.1, 0.15) is 48.0 Å². The highest BCUT2D eigenvalue weighted by atomic mass is 32.2. The molecular weight excluding hydrogens is 1470 g/mol.